The number of anilines is 2. The first-order chi connectivity index (χ1) is 19.9. The van der Waals surface area contributed by atoms with E-state index in [1.54, 1.807) is 0 Å². The number of carbonyl (C=O) groups is 2. The molecule has 0 atom stereocenters. The lowest BCUT2D eigenvalue weighted by Crippen LogP contribution is -2.33. The number of carboxylic acid groups (broad SMARTS) is 1. The number of ketones is 1. The van der Waals surface area contributed by atoms with Gasteiger partial charge in [0, 0.05) is 45.8 Å². The molecule has 0 bridgehead atoms. The Kier molecular flexibility index (Phi) is 18.4. The zero-order chi connectivity index (χ0) is 33.4. The van der Waals surface area contributed by atoms with Gasteiger partial charge in [-0.1, -0.05) is 51.5 Å². The number of aryl methyl sites for hydroxylation is 4. The molecule has 0 amide bonds. The molecule has 2 fully saturated rings. The minimum atomic E-state index is -1.33. The summed E-state index contributed by atoms with van der Waals surface area (Å²) < 4.78 is 2.31. The second-order valence-corrected chi connectivity index (χ2v) is 18.4. The van der Waals surface area contributed by atoms with E-state index in [0.29, 0.717) is 5.78 Å². The number of hydrogen-bond donors (Lipinski definition) is 3. The van der Waals surface area contributed by atoms with Gasteiger partial charge in [0.2, 0.25) is 0 Å². The highest BCUT2D eigenvalue weighted by atomic mass is 79.9. The van der Waals surface area contributed by atoms with Gasteiger partial charge in [0.05, 0.1) is 6.07 Å². The van der Waals surface area contributed by atoms with Crippen molar-refractivity contribution in [2.75, 3.05) is 11.1 Å². The van der Waals surface area contributed by atoms with E-state index in [2.05, 4.69) is 74.9 Å². The maximum absolute atomic E-state index is 10.2. The summed E-state index contributed by atoms with van der Waals surface area (Å²) in [4.78, 5) is 19.2. The number of nitrogens with zero attached hydrogens (tertiary/aromatic N) is 2. The summed E-state index contributed by atoms with van der Waals surface area (Å²) in [6.45, 7) is 15.4. The molecule has 2 aromatic rings. The number of carbonyl (C=O) groups excluding carboxylic acids is 1. The molecule has 0 aromatic heterocycles. The Balaban J connectivity index is 0.000000575. The molecule has 0 saturated heterocycles. The molecular weight excluding hydrogens is 688 g/mol. The van der Waals surface area contributed by atoms with E-state index in [9.17, 15) is 10.1 Å². The maximum atomic E-state index is 10.2. The Labute approximate surface area is 276 Å². The van der Waals surface area contributed by atoms with Crippen molar-refractivity contribution >= 4 is 63.1 Å². The van der Waals surface area contributed by atoms with Gasteiger partial charge < -0.3 is 16.2 Å². The van der Waals surface area contributed by atoms with E-state index < -0.39 is 14.0 Å². The minimum Gasteiger partial charge on any atom is -0.481 e. The number of carboxylic acids is 1. The number of hydrogen-bond acceptors (Lipinski definition) is 6. The lowest BCUT2D eigenvalue weighted by atomic mass is 9.99. The number of benzene rings is 2. The van der Waals surface area contributed by atoms with Crippen LogP contribution in [-0.2, 0) is 9.59 Å². The fourth-order valence-electron chi connectivity index (χ4n) is 4.29. The summed E-state index contributed by atoms with van der Waals surface area (Å²) in [6.07, 6.45) is 8.18. The number of nitriles is 2. The number of nitrogens with two attached hydrogens (primary N) is 1. The summed E-state index contributed by atoms with van der Waals surface area (Å²) in [6, 6.07) is 10.6. The molecule has 4 rings (SSSR count). The molecule has 2 saturated carbocycles. The molecule has 2 aliphatic rings. The van der Waals surface area contributed by atoms with Crippen molar-refractivity contribution < 1.29 is 14.7 Å². The highest BCUT2D eigenvalue weighted by Crippen LogP contribution is 2.34. The summed E-state index contributed by atoms with van der Waals surface area (Å²) in [5.74, 6) is -0.380. The molecular formula is C33H48Br2N4O3Si. The van der Waals surface area contributed by atoms with Crippen LogP contribution >= 0.6 is 31.9 Å². The second kappa shape index (κ2) is 19.6. The zero-order valence-corrected chi connectivity index (χ0v) is 31.1. The Morgan fingerprint density at radius 3 is 1.51 bits per heavy atom. The van der Waals surface area contributed by atoms with Gasteiger partial charge in [0.1, 0.15) is 11.3 Å². The summed E-state index contributed by atoms with van der Waals surface area (Å²) in [5.41, 5.74) is 14.2. The van der Waals surface area contributed by atoms with Gasteiger partial charge in [-0.25, -0.2) is 5.26 Å². The quantitative estimate of drug-likeness (QED) is 0.206. The van der Waals surface area contributed by atoms with Gasteiger partial charge in [0.15, 0.2) is 8.07 Å². The van der Waals surface area contributed by atoms with E-state index >= 15 is 0 Å². The van der Waals surface area contributed by atoms with Gasteiger partial charge in [0.25, 0.3) is 5.97 Å². The molecule has 236 valence electrons. The van der Waals surface area contributed by atoms with Crippen molar-refractivity contribution in [3.05, 3.63) is 55.5 Å². The van der Waals surface area contributed by atoms with Crippen molar-refractivity contribution in [3.63, 3.8) is 0 Å². The van der Waals surface area contributed by atoms with E-state index in [1.165, 1.54) is 22.3 Å². The SMILES string of the molecule is CC(=O)O.C[Si](C)(C)C#N.Cc1cc(N)cc(C)c1Br.Cc1cc(NC2(C#N)CCCC2)cc(C)c1Br.O=C1CCCC1. The van der Waals surface area contributed by atoms with E-state index in [4.69, 9.17) is 20.9 Å². The summed E-state index contributed by atoms with van der Waals surface area (Å²) >= 11 is 7.02. The highest BCUT2D eigenvalue weighted by Gasteiger charge is 2.33. The molecule has 4 N–H and O–H groups in total. The largest absolute Gasteiger partial charge is 0.481 e. The van der Waals surface area contributed by atoms with Crippen LogP contribution in [0.15, 0.2) is 33.2 Å². The number of halogens is 2. The van der Waals surface area contributed by atoms with Gasteiger partial charge >= 0.3 is 0 Å². The molecule has 43 heavy (non-hydrogen) atoms. The Morgan fingerprint density at radius 1 is 0.884 bits per heavy atom. The lowest BCUT2D eigenvalue weighted by molar-refractivity contribution is -0.134. The van der Waals surface area contributed by atoms with Gasteiger partial charge in [-0.2, -0.15) is 5.26 Å². The van der Waals surface area contributed by atoms with Gasteiger partial charge in [-0.05, 0) is 113 Å². The first-order valence-electron chi connectivity index (χ1n) is 14.5. The third-order valence-electron chi connectivity index (χ3n) is 6.45. The van der Waals surface area contributed by atoms with Crippen molar-refractivity contribution in [1.29, 1.82) is 10.5 Å². The molecule has 2 aromatic carbocycles. The molecule has 0 heterocycles. The second-order valence-electron chi connectivity index (χ2n) is 12.0. The minimum absolute atomic E-state index is 0.341. The van der Waals surface area contributed by atoms with Crippen LogP contribution in [0.4, 0.5) is 11.4 Å². The average molecular weight is 737 g/mol. The van der Waals surface area contributed by atoms with Crippen LogP contribution < -0.4 is 11.1 Å². The van der Waals surface area contributed by atoms with Crippen molar-refractivity contribution in [3.8, 4) is 11.8 Å². The normalized spacial score (nSPS) is 14.5. The van der Waals surface area contributed by atoms with Crippen molar-refractivity contribution in [2.45, 2.75) is 111 Å². The predicted molar refractivity (Wildman–Crippen MR) is 188 cm³/mol. The van der Waals surface area contributed by atoms with E-state index in [1.807, 2.05) is 45.6 Å². The van der Waals surface area contributed by atoms with E-state index in [0.717, 1.165) is 78.6 Å². The zero-order valence-electron chi connectivity index (χ0n) is 27.0. The molecule has 0 aliphatic heterocycles. The molecule has 0 spiro atoms. The number of nitrogens with one attached hydrogen (secondary N) is 1. The predicted octanol–water partition coefficient (Wildman–Crippen LogP) is 9.57. The smallest absolute Gasteiger partial charge is 0.300 e. The fraction of sp³-hybridized carbons (Fsp3) is 0.515. The lowest BCUT2D eigenvalue weighted by Gasteiger charge is -2.24. The van der Waals surface area contributed by atoms with Gasteiger partial charge in [-0.15, -0.1) is 0 Å². The van der Waals surface area contributed by atoms with Crippen LogP contribution in [0.5, 0.6) is 0 Å². The topological polar surface area (TPSA) is 140 Å². The van der Waals surface area contributed by atoms with Crippen molar-refractivity contribution in [2.24, 2.45) is 0 Å². The first-order valence-corrected chi connectivity index (χ1v) is 19.6. The summed E-state index contributed by atoms with van der Waals surface area (Å²) in [7, 11) is -1.33. The fourth-order valence-corrected chi connectivity index (χ4v) is 4.74. The van der Waals surface area contributed by atoms with Crippen LogP contribution in [0.2, 0.25) is 19.6 Å². The molecule has 7 nitrogen and oxygen atoms in total. The molecule has 10 heteroatoms. The Hall–Kier alpha value is -2.66. The molecule has 2 aliphatic carbocycles. The highest BCUT2D eigenvalue weighted by molar-refractivity contribution is 9.10. The Morgan fingerprint density at radius 2 is 1.23 bits per heavy atom. The number of nitrogen functional groups attached to an aromatic ring is 1. The van der Waals surface area contributed by atoms with E-state index in [-0.39, 0.29) is 5.54 Å². The number of Topliss-reactive ketones (excluding diaryl/α,β-unsaturated/α-hetero) is 1. The third kappa shape index (κ3) is 17.3. The molecule has 0 unspecified atom stereocenters. The number of aliphatic carboxylic acids is 1. The summed E-state index contributed by atoms with van der Waals surface area (Å²) in [5, 5.41) is 28.4. The maximum Gasteiger partial charge on any atom is 0.300 e. The van der Waals surface area contributed by atoms with Crippen LogP contribution in [0.25, 0.3) is 0 Å². The van der Waals surface area contributed by atoms with Crippen LogP contribution in [-0.4, -0.2) is 30.5 Å². The van der Waals surface area contributed by atoms with Crippen LogP contribution in [0.1, 0.15) is 80.5 Å². The Bertz CT molecular complexity index is 1250. The van der Waals surface area contributed by atoms with Crippen LogP contribution in [0, 0.1) is 50.0 Å². The average Bonchev–Trinajstić information content (AvgIpc) is 3.58. The third-order valence-corrected chi connectivity index (χ3v) is 9.62. The van der Waals surface area contributed by atoms with Crippen LogP contribution in [0.3, 0.4) is 0 Å². The standard InChI is InChI=1S/C14H17BrN2.C8H10BrN.C5H8O.C4H9NSi.C2H4O2/c1-10-7-12(8-11(2)13(10)15)17-14(9-16)5-3-4-6-14;1-5-3-7(10)4-6(2)8(5)9;6-5-3-1-2-4-5;1-6(2,3)4-5;1-2(3)4/h7-8,17H,3-6H2,1-2H3;3-4H,10H2,1-2H3;1-4H2;1-3H3;1H3,(H,3,4). The first kappa shape index (κ1) is 40.3. The monoisotopic (exact) mass is 734 g/mol. The van der Waals surface area contributed by atoms with Gasteiger partial charge in [-0.3, -0.25) is 9.59 Å². The number of rotatable bonds is 2. The molecule has 0 radical (unpaired) electrons. The van der Waals surface area contributed by atoms with Crippen molar-refractivity contribution in [1.82, 2.24) is 0 Å².